The van der Waals surface area contributed by atoms with E-state index in [-0.39, 0.29) is 21.7 Å². The summed E-state index contributed by atoms with van der Waals surface area (Å²) in [7, 11) is 0. The molecule has 0 aromatic heterocycles. The van der Waals surface area contributed by atoms with E-state index >= 15 is 0 Å². The summed E-state index contributed by atoms with van der Waals surface area (Å²) in [6.07, 6.45) is 0. The van der Waals surface area contributed by atoms with E-state index in [0.717, 1.165) is 4.46 Å². The van der Waals surface area contributed by atoms with E-state index in [2.05, 4.69) is 0 Å². The molecule has 0 atom stereocenters. The Morgan fingerprint density at radius 2 is 1.36 bits per heavy atom. The zero-order chi connectivity index (χ0) is 17.6. The summed E-state index contributed by atoms with van der Waals surface area (Å²) in [5.74, 6) is -0.672. The number of hydrogen-bond donors (Lipinski definition) is 1. The molecule has 3 rings (SSSR count). The first kappa shape index (κ1) is 17.0. The molecule has 0 bridgehead atoms. The van der Waals surface area contributed by atoms with Crippen LogP contribution in [0.3, 0.4) is 0 Å². The monoisotopic (exact) mass is 398 g/mol. The number of phenols is 1. The first-order valence-corrected chi connectivity index (χ1v) is 9.23. The average Bonchev–Trinajstić information content (AvgIpc) is 2.63. The standard InChI is InChI=1S/C20H14O4Se/c21-17-12-6-4-10-15(17)19(22)24-18-13-7-5-11-16(18)20(23)25-14-8-2-1-3-9-14/h1-13,21H. The molecular weight excluding hydrogens is 383 g/mol. The number of rotatable bonds is 5. The molecule has 0 aliphatic rings. The van der Waals surface area contributed by atoms with Crippen molar-refractivity contribution < 1.29 is 19.4 Å². The molecule has 0 saturated heterocycles. The quantitative estimate of drug-likeness (QED) is 0.409. The van der Waals surface area contributed by atoms with Gasteiger partial charge in [0.15, 0.2) is 0 Å². The topological polar surface area (TPSA) is 63.6 Å². The van der Waals surface area contributed by atoms with E-state index in [0.29, 0.717) is 5.56 Å². The second-order valence-corrected chi connectivity index (χ2v) is 7.30. The van der Waals surface area contributed by atoms with Crippen LogP contribution in [-0.2, 0) is 0 Å². The summed E-state index contributed by atoms with van der Waals surface area (Å²) in [6, 6.07) is 22.2. The van der Waals surface area contributed by atoms with E-state index in [9.17, 15) is 14.7 Å². The van der Waals surface area contributed by atoms with Crippen LogP contribution in [0.5, 0.6) is 11.5 Å². The molecule has 0 unspecified atom stereocenters. The van der Waals surface area contributed by atoms with Crippen molar-refractivity contribution in [3.8, 4) is 11.5 Å². The Kier molecular flexibility index (Phi) is 5.29. The molecule has 5 heteroatoms. The molecule has 0 saturated carbocycles. The molecule has 0 amide bonds. The fourth-order valence-corrected chi connectivity index (χ4v) is 3.82. The normalized spacial score (nSPS) is 10.2. The minimum absolute atomic E-state index is 0.0540. The summed E-state index contributed by atoms with van der Waals surface area (Å²) < 4.78 is 6.22. The van der Waals surface area contributed by atoms with Gasteiger partial charge in [-0.2, -0.15) is 0 Å². The number of benzene rings is 3. The summed E-state index contributed by atoms with van der Waals surface area (Å²) in [4.78, 5) is 24.9. The third kappa shape index (κ3) is 4.15. The van der Waals surface area contributed by atoms with Crippen LogP contribution < -0.4 is 9.20 Å². The maximum atomic E-state index is 12.6. The van der Waals surface area contributed by atoms with E-state index in [1.165, 1.54) is 12.1 Å². The van der Waals surface area contributed by atoms with Gasteiger partial charge in [0.1, 0.15) is 0 Å². The summed E-state index contributed by atoms with van der Waals surface area (Å²) in [6.45, 7) is 0. The number of carbonyl (C=O) groups is 2. The maximum absolute atomic E-state index is 12.6. The summed E-state index contributed by atoms with van der Waals surface area (Å²) in [5.41, 5.74) is 0.411. The van der Waals surface area contributed by atoms with Crippen LogP contribution in [-0.4, -0.2) is 30.7 Å². The molecule has 1 N–H and O–H groups in total. The van der Waals surface area contributed by atoms with Crippen LogP contribution in [0, 0.1) is 0 Å². The fourth-order valence-electron chi connectivity index (χ4n) is 2.18. The van der Waals surface area contributed by atoms with Crippen LogP contribution in [0.1, 0.15) is 20.7 Å². The predicted molar refractivity (Wildman–Crippen MR) is 95.7 cm³/mol. The molecule has 0 heterocycles. The van der Waals surface area contributed by atoms with Crippen molar-refractivity contribution in [2.45, 2.75) is 0 Å². The third-order valence-corrected chi connectivity index (χ3v) is 5.30. The Balaban J connectivity index is 1.82. The summed E-state index contributed by atoms with van der Waals surface area (Å²) in [5, 5.41) is 9.77. The van der Waals surface area contributed by atoms with Gasteiger partial charge in [-0.3, -0.25) is 0 Å². The van der Waals surface area contributed by atoms with Crippen LogP contribution in [0.25, 0.3) is 0 Å². The van der Waals surface area contributed by atoms with Crippen molar-refractivity contribution in [3.63, 3.8) is 0 Å². The van der Waals surface area contributed by atoms with Crippen LogP contribution in [0.15, 0.2) is 78.9 Å². The first-order chi connectivity index (χ1) is 12.1. The van der Waals surface area contributed by atoms with Crippen molar-refractivity contribution in [1.29, 1.82) is 0 Å². The summed E-state index contributed by atoms with van der Waals surface area (Å²) >= 11 is -0.418. The van der Waals surface area contributed by atoms with E-state index in [1.807, 2.05) is 30.3 Å². The Hall–Kier alpha value is -2.88. The predicted octanol–water partition coefficient (Wildman–Crippen LogP) is 2.78. The Morgan fingerprint density at radius 3 is 2.08 bits per heavy atom. The van der Waals surface area contributed by atoms with Crippen molar-refractivity contribution in [2.75, 3.05) is 0 Å². The van der Waals surface area contributed by atoms with E-state index in [1.54, 1.807) is 36.4 Å². The van der Waals surface area contributed by atoms with Gasteiger partial charge in [0.2, 0.25) is 0 Å². The SMILES string of the molecule is O=C(Oc1ccccc1C(=O)[Se]c1ccccc1)c1ccccc1O. The van der Waals surface area contributed by atoms with Gasteiger partial charge in [-0.1, -0.05) is 0 Å². The molecule has 0 radical (unpaired) electrons. The van der Waals surface area contributed by atoms with Gasteiger partial charge in [-0.15, -0.1) is 0 Å². The second kappa shape index (κ2) is 7.79. The molecule has 0 spiro atoms. The molecule has 25 heavy (non-hydrogen) atoms. The molecular formula is C20H14O4Se. The Morgan fingerprint density at radius 1 is 0.760 bits per heavy atom. The minimum atomic E-state index is -0.703. The number of esters is 1. The van der Waals surface area contributed by atoms with E-state index < -0.39 is 20.9 Å². The van der Waals surface area contributed by atoms with Crippen LogP contribution >= 0.6 is 0 Å². The number of ether oxygens (including phenoxy) is 1. The first-order valence-electron chi connectivity index (χ1n) is 7.51. The number of carbonyl (C=O) groups excluding carboxylic acids is 2. The van der Waals surface area contributed by atoms with Gasteiger partial charge in [-0.25, -0.2) is 0 Å². The fraction of sp³-hybridized carbons (Fsp3) is 0. The average molecular weight is 397 g/mol. The number of phenolic OH excluding ortho intramolecular Hbond substituents is 1. The van der Waals surface area contributed by atoms with Crippen LogP contribution in [0.2, 0.25) is 0 Å². The molecule has 124 valence electrons. The van der Waals surface area contributed by atoms with E-state index in [4.69, 9.17) is 4.74 Å². The van der Waals surface area contributed by atoms with Crippen LogP contribution in [0.4, 0.5) is 0 Å². The second-order valence-electron chi connectivity index (χ2n) is 5.11. The van der Waals surface area contributed by atoms with Gasteiger partial charge in [0.05, 0.1) is 0 Å². The Bertz CT molecular complexity index is 906. The van der Waals surface area contributed by atoms with Crippen molar-refractivity contribution in [1.82, 2.24) is 0 Å². The van der Waals surface area contributed by atoms with Gasteiger partial charge in [0, 0.05) is 0 Å². The zero-order valence-corrected chi connectivity index (χ0v) is 14.8. The van der Waals surface area contributed by atoms with Crippen molar-refractivity contribution >= 4 is 30.1 Å². The zero-order valence-electron chi connectivity index (χ0n) is 13.1. The Labute approximate surface area is 151 Å². The number of aromatic hydroxyl groups is 1. The van der Waals surface area contributed by atoms with Crippen molar-refractivity contribution in [2.24, 2.45) is 0 Å². The molecule has 0 aliphatic carbocycles. The van der Waals surface area contributed by atoms with Gasteiger partial charge in [-0.05, 0) is 0 Å². The van der Waals surface area contributed by atoms with Gasteiger partial charge >= 0.3 is 151 Å². The molecule has 0 aliphatic heterocycles. The number of hydrogen-bond acceptors (Lipinski definition) is 4. The third-order valence-electron chi connectivity index (χ3n) is 3.39. The molecule has 3 aromatic carbocycles. The molecule has 4 nitrogen and oxygen atoms in total. The molecule has 0 fully saturated rings. The van der Waals surface area contributed by atoms with Gasteiger partial charge < -0.3 is 0 Å². The molecule has 3 aromatic rings. The van der Waals surface area contributed by atoms with Gasteiger partial charge in [0.25, 0.3) is 0 Å². The van der Waals surface area contributed by atoms with Crippen molar-refractivity contribution in [3.05, 3.63) is 90.0 Å². The number of para-hydroxylation sites is 2.